The van der Waals surface area contributed by atoms with Gasteiger partial charge in [-0.2, -0.15) is 11.8 Å². The van der Waals surface area contributed by atoms with Crippen LogP contribution in [0.25, 0.3) is 0 Å². The van der Waals surface area contributed by atoms with E-state index in [0.717, 1.165) is 5.75 Å². The monoisotopic (exact) mass is 240 g/mol. The van der Waals surface area contributed by atoms with Crippen LogP contribution < -0.4 is 0 Å². The summed E-state index contributed by atoms with van der Waals surface area (Å²) in [5.74, 6) is 0.745. The maximum absolute atomic E-state index is 10.9. The summed E-state index contributed by atoms with van der Waals surface area (Å²) in [5.41, 5.74) is 0.828. The lowest BCUT2D eigenvalue weighted by atomic mass is 10.2. The lowest BCUT2D eigenvalue weighted by molar-refractivity contribution is 0.0695. The van der Waals surface area contributed by atoms with Gasteiger partial charge in [-0.25, -0.2) is 14.8 Å². The van der Waals surface area contributed by atoms with E-state index >= 15 is 0 Å². The van der Waals surface area contributed by atoms with E-state index in [2.05, 4.69) is 16.9 Å². The molecule has 1 aromatic rings. The van der Waals surface area contributed by atoms with Crippen molar-refractivity contribution in [1.82, 2.24) is 9.97 Å². The third-order valence-corrected chi connectivity index (χ3v) is 3.21. The molecule has 0 atom stereocenters. The van der Waals surface area contributed by atoms with Gasteiger partial charge in [-0.15, -0.1) is 0 Å². The van der Waals surface area contributed by atoms with Crippen LogP contribution in [-0.2, 0) is 5.75 Å². The van der Waals surface area contributed by atoms with Gasteiger partial charge in [0.2, 0.25) is 0 Å². The van der Waals surface area contributed by atoms with Gasteiger partial charge in [0, 0.05) is 11.9 Å². The van der Waals surface area contributed by atoms with Crippen LogP contribution in [-0.4, -0.2) is 26.8 Å². The van der Waals surface area contributed by atoms with E-state index in [1.807, 2.05) is 0 Å². The van der Waals surface area contributed by atoms with Crippen molar-refractivity contribution in [3.8, 4) is 0 Å². The van der Waals surface area contributed by atoms with Crippen molar-refractivity contribution in [1.29, 1.82) is 0 Å². The molecular formula is C11H16N2O2S. The molecule has 16 heavy (non-hydrogen) atoms. The lowest BCUT2D eigenvalue weighted by Crippen LogP contribution is -2.04. The summed E-state index contributed by atoms with van der Waals surface area (Å²) < 4.78 is 0. The molecule has 0 radical (unpaired) electrons. The molecule has 0 spiro atoms. The van der Waals surface area contributed by atoms with E-state index in [9.17, 15) is 4.79 Å². The largest absolute Gasteiger partial charge is 0.478 e. The summed E-state index contributed by atoms with van der Waals surface area (Å²) in [6.07, 6.45) is 6.36. The first-order valence-electron chi connectivity index (χ1n) is 5.35. The van der Waals surface area contributed by atoms with Gasteiger partial charge in [-0.3, -0.25) is 0 Å². The van der Waals surface area contributed by atoms with Gasteiger partial charge in [-0.05, 0) is 12.2 Å². The molecule has 1 aromatic heterocycles. The number of carboxylic acids is 1. The Hall–Kier alpha value is -1.10. The van der Waals surface area contributed by atoms with Crippen LogP contribution in [0.15, 0.2) is 12.5 Å². The fraction of sp³-hybridized carbons (Fsp3) is 0.545. The minimum absolute atomic E-state index is 0.213. The van der Waals surface area contributed by atoms with Crippen LogP contribution in [0.2, 0.25) is 0 Å². The molecule has 5 heteroatoms. The van der Waals surface area contributed by atoms with Crippen molar-refractivity contribution in [3.63, 3.8) is 0 Å². The summed E-state index contributed by atoms with van der Waals surface area (Å²) in [4.78, 5) is 18.6. The fourth-order valence-corrected chi connectivity index (χ4v) is 2.25. The maximum Gasteiger partial charge on any atom is 0.339 e. The van der Waals surface area contributed by atoms with Gasteiger partial charge < -0.3 is 5.11 Å². The number of carboxylic acid groups (broad SMARTS) is 1. The molecule has 1 N–H and O–H groups in total. The van der Waals surface area contributed by atoms with E-state index in [1.165, 1.54) is 31.8 Å². The molecule has 0 aliphatic heterocycles. The number of rotatable bonds is 7. The zero-order valence-corrected chi connectivity index (χ0v) is 10.2. The first-order valence-corrected chi connectivity index (χ1v) is 6.51. The highest BCUT2D eigenvalue weighted by Crippen LogP contribution is 2.15. The van der Waals surface area contributed by atoms with E-state index < -0.39 is 5.97 Å². The Bertz CT molecular complexity index is 345. The summed E-state index contributed by atoms with van der Waals surface area (Å²) in [7, 11) is 0. The van der Waals surface area contributed by atoms with Crippen LogP contribution in [0.3, 0.4) is 0 Å². The average molecular weight is 240 g/mol. The number of nitrogens with zero attached hydrogens (tertiary/aromatic N) is 2. The molecule has 0 aliphatic rings. The smallest absolute Gasteiger partial charge is 0.339 e. The molecule has 0 saturated carbocycles. The Kier molecular flexibility index (Phi) is 5.85. The van der Waals surface area contributed by atoms with E-state index in [-0.39, 0.29) is 5.56 Å². The average Bonchev–Trinajstić information content (AvgIpc) is 2.29. The number of hydrogen-bond donors (Lipinski definition) is 1. The predicted octanol–water partition coefficient (Wildman–Crippen LogP) is 2.60. The highest BCUT2D eigenvalue weighted by atomic mass is 32.2. The Morgan fingerprint density at radius 1 is 1.50 bits per heavy atom. The van der Waals surface area contributed by atoms with Crippen molar-refractivity contribution in [2.45, 2.75) is 31.9 Å². The summed E-state index contributed by atoms with van der Waals surface area (Å²) >= 11 is 1.72. The number of aromatic nitrogens is 2. The quantitative estimate of drug-likeness (QED) is 0.742. The van der Waals surface area contributed by atoms with Crippen molar-refractivity contribution >= 4 is 17.7 Å². The van der Waals surface area contributed by atoms with E-state index in [0.29, 0.717) is 11.4 Å². The Labute approximate surface area is 99.5 Å². The van der Waals surface area contributed by atoms with Gasteiger partial charge >= 0.3 is 5.97 Å². The molecule has 0 aliphatic carbocycles. The first-order chi connectivity index (χ1) is 7.75. The number of hydrogen-bond acceptors (Lipinski definition) is 4. The molecule has 0 fully saturated rings. The van der Waals surface area contributed by atoms with Gasteiger partial charge in [0.25, 0.3) is 0 Å². The van der Waals surface area contributed by atoms with Gasteiger partial charge in [0.05, 0.1) is 5.69 Å². The van der Waals surface area contributed by atoms with Crippen LogP contribution in [0.4, 0.5) is 0 Å². The molecule has 4 nitrogen and oxygen atoms in total. The highest BCUT2D eigenvalue weighted by molar-refractivity contribution is 7.98. The van der Waals surface area contributed by atoms with E-state index in [4.69, 9.17) is 5.11 Å². The van der Waals surface area contributed by atoms with Crippen molar-refractivity contribution in [2.24, 2.45) is 0 Å². The molecule has 0 amide bonds. The topological polar surface area (TPSA) is 63.1 Å². The third-order valence-electron chi connectivity index (χ3n) is 2.16. The van der Waals surface area contributed by atoms with Crippen LogP contribution in [0.5, 0.6) is 0 Å². The number of aromatic carboxylic acids is 1. The number of thioether (sulfide) groups is 1. The fourth-order valence-electron chi connectivity index (χ4n) is 1.27. The second-order valence-electron chi connectivity index (χ2n) is 3.45. The van der Waals surface area contributed by atoms with Crippen molar-refractivity contribution in [3.05, 3.63) is 23.8 Å². The normalized spacial score (nSPS) is 10.3. The Balaban J connectivity index is 2.44. The Morgan fingerprint density at radius 2 is 2.31 bits per heavy atom. The van der Waals surface area contributed by atoms with Gasteiger partial charge in [0.1, 0.15) is 11.9 Å². The number of unbranched alkanes of at least 4 members (excludes halogenated alkanes) is 2. The second kappa shape index (κ2) is 7.22. The minimum atomic E-state index is -0.954. The molecule has 0 saturated heterocycles. The summed E-state index contributed by atoms with van der Waals surface area (Å²) in [6.45, 7) is 2.16. The molecule has 0 aromatic carbocycles. The number of carbonyl (C=O) groups is 1. The first kappa shape index (κ1) is 13.0. The molecule has 1 heterocycles. The molecular weight excluding hydrogens is 224 g/mol. The van der Waals surface area contributed by atoms with Crippen LogP contribution in [0.1, 0.15) is 42.2 Å². The van der Waals surface area contributed by atoms with E-state index in [1.54, 1.807) is 11.8 Å². The second-order valence-corrected chi connectivity index (χ2v) is 4.55. The van der Waals surface area contributed by atoms with Crippen molar-refractivity contribution in [2.75, 3.05) is 5.75 Å². The van der Waals surface area contributed by atoms with Crippen LogP contribution in [0, 0.1) is 0 Å². The highest BCUT2D eigenvalue weighted by Gasteiger charge is 2.10. The predicted molar refractivity (Wildman–Crippen MR) is 64.7 cm³/mol. The van der Waals surface area contributed by atoms with Gasteiger partial charge in [0.15, 0.2) is 0 Å². The standard InChI is InChI=1S/C11H16N2O2S/c1-2-3-4-5-16-7-10-9(11(14)15)6-12-8-13-10/h6,8H,2-5,7H2,1H3,(H,14,15). The minimum Gasteiger partial charge on any atom is -0.478 e. The SMILES string of the molecule is CCCCCSCc1ncncc1C(=O)O. The zero-order valence-electron chi connectivity index (χ0n) is 9.35. The molecule has 0 bridgehead atoms. The zero-order chi connectivity index (χ0) is 11.8. The van der Waals surface area contributed by atoms with Gasteiger partial charge in [-0.1, -0.05) is 19.8 Å². The Morgan fingerprint density at radius 3 is 3.00 bits per heavy atom. The summed E-state index contributed by atoms with van der Waals surface area (Å²) in [5, 5.41) is 8.92. The van der Waals surface area contributed by atoms with Crippen molar-refractivity contribution < 1.29 is 9.90 Å². The molecule has 1 rings (SSSR count). The summed E-state index contributed by atoms with van der Waals surface area (Å²) in [6, 6.07) is 0. The molecule has 88 valence electrons. The van der Waals surface area contributed by atoms with Crippen LogP contribution >= 0.6 is 11.8 Å². The lowest BCUT2D eigenvalue weighted by Gasteiger charge is -2.03. The third kappa shape index (κ3) is 4.18. The maximum atomic E-state index is 10.9. The molecule has 0 unspecified atom stereocenters.